The van der Waals surface area contributed by atoms with Crippen molar-refractivity contribution in [3.8, 4) is 17.6 Å². The Morgan fingerprint density at radius 2 is 1.65 bits per heavy atom. The van der Waals surface area contributed by atoms with Crippen LogP contribution in [0.1, 0.15) is 5.82 Å². The lowest BCUT2D eigenvalue weighted by molar-refractivity contribution is 0.487. The average molecular weight is 397 g/mol. The van der Waals surface area contributed by atoms with E-state index in [9.17, 15) is 5.26 Å². The van der Waals surface area contributed by atoms with Gasteiger partial charge in [-0.25, -0.2) is 0 Å². The van der Waals surface area contributed by atoms with Crippen molar-refractivity contribution in [1.82, 2.24) is 9.97 Å². The predicted molar refractivity (Wildman–Crippen MR) is 119 cm³/mol. The third-order valence-electron chi connectivity index (χ3n) is 5.65. The molecule has 0 bridgehead atoms. The lowest BCUT2D eigenvalue weighted by Crippen LogP contribution is -2.59. The zero-order valence-electron chi connectivity index (χ0n) is 16.1. The van der Waals surface area contributed by atoms with Gasteiger partial charge in [-0.1, -0.05) is 54.0 Å². The van der Waals surface area contributed by atoms with E-state index < -0.39 is 0 Å². The Hall–Kier alpha value is -4.62. The van der Waals surface area contributed by atoms with Crippen molar-refractivity contribution in [2.45, 2.75) is 0 Å². The molecular formula is C24H12BN5O. The molecule has 0 N–H and O–H groups in total. The van der Waals surface area contributed by atoms with Crippen molar-refractivity contribution in [2.24, 2.45) is 0 Å². The molecule has 142 valence electrons. The molecule has 31 heavy (non-hydrogen) atoms. The van der Waals surface area contributed by atoms with Crippen LogP contribution in [0.3, 0.4) is 0 Å². The van der Waals surface area contributed by atoms with Gasteiger partial charge in [0.2, 0.25) is 0 Å². The van der Waals surface area contributed by atoms with Gasteiger partial charge in [0.15, 0.2) is 6.07 Å². The summed E-state index contributed by atoms with van der Waals surface area (Å²) in [6.45, 7) is 7.40. The fourth-order valence-corrected chi connectivity index (χ4v) is 4.47. The third kappa shape index (κ3) is 2.44. The van der Waals surface area contributed by atoms with E-state index in [1.807, 2.05) is 65.6 Å². The quantitative estimate of drug-likeness (QED) is 0.315. The second kappa shape index (κ2) is 6.45. The van der Waals surface area contributed by atoms with Crippen LogP contribution in [-0.4, -0.2) is 16.7 Å². The van der Waals surface area contributed by atoms with E-state index in [2.05, 4.69) is 26.9 Å². The zero-order valence-corrected chi connectivity index (χ0v) is 16.1. The second-order valence-electron chi connectivity index (χ2n) is 7.29. The first-order valence-corrected chi connectivity index (χ1v) is 9.74. The minimum absolute atomic E-state index is 0.0150. The first-order valence-electron chi connectivity index (χ1n) is 9.74. The van der Waals surface area contributed by atoms with E-state index in [0.717, 1.165) is 39.3 Å². The van der Waals surface area contributed by atoms with Crippen molar-refractivity contribution in [2.75, 3.05) is 4.90 Å². The summed E-state index contributed by atoms with van der Waals surface area (Å²) >= 11 is 0. The van der Waals surface area contributed by atoms with Crippen LogP contribution in [-0.2, 0) is 0 Å². The van der Waals surface area contributed by atoms with Gasteiger partial charge < -0.3 is 9.58 Å². The topological polar surface area (TPSA) is 66.4 Å². The number of benzene rings is 3. The molecule has 2 aliphatic rings. The molecule has 7 heteroatoms. The van der Waals surface area contributed by atoms with Gasteiger partial charge in [0.1, 0.15) is 17.3 Å². The van der Waals surface area contributed by atoms with E-state index in [4.69, 9.17) is 11.3 Å². The van der Waals surface area contributed by atoms with Crippen LogP contribution in [0.15, 0.2) is 72.8 Å². The van der Waals surface area contributed by atoms with Crippen LogP contribution < -0.4 is 26.0 Å². The molecule has 0 aliphatic carbocycles. The molecule has 0 saturated heterocycles. The molecule has 1 aromatic heterocycles. The molecule has 0 spiro atoms. The fourth-order valence-electron chi connectivity index (χ4n) is 4.47. The third-order valence-corrected chi connectivity index (χ3v) is 5.65. The van der Waals surface area contributed by atoms with Crippen molar-refractivity contribution < 1.29 is 4.74 Å². The van der Waals surface area contributed by atoms with Crippen molar-refractivity contribution in [3.63, 3.8) is 0 Å². The molecule has 0 saturated carbocycles. The highest BCUT2D eigenvalue weighted by Crippen LogP contribution is 2.40. The highest BCUT2D eigenvalue weighted by molar-refractivity contribution is 6.99. The first-order chi connectivity index (χ1) is 15.3. The molecular weight excluding hydrogens is 385 g/mol. The molecule has 0 atom stereocenters. The standard InChI is InChI=1S/C24H12BN5O/c1-27-21-13-23(29-22(14-26)28-21)30-17-9-4-2-7-15(17)25-16-8-3-5-11-19(16)31-20-12-6-10-18(30)24(20)25/h2-13H. The Bertz CT molecular complexity index is 1440. The van der Waals surface area contributed by atoms with Crippen LogP contribution in [0.2, 0.25) is 0 Å². The Kier molecular flexibility index (Phi) is 3.59. The number of aromatic nitrogens is 2. The minimum Gasteiger partial charge on any atom is -0.458 e. The summed E-state index contributed by atoms with van der Waals surface area (Å²) in [6, 6.07) is 25.8. The Balaban J connectivity index is 1.68. The smallest absolute Gasteiger partial charge is 0.327 e. The Morgan fingerprint density at radius 1 is 0.903 bits per heavy atom. The lowest BCUT2D eigenvalue weighted by Gasteiger charge is -2.39. The number of para-hydroxylation sites is 2. The number of ether oxygens (including phenoxy) is 1. The van der Waals surface area contributed by atoms with Crippen molar-refractivity contribution in [1.29, 1.82) is 5.26 Å². The summed E-state index contributed by atoms with van der Waals surface area (Å²) in [4.78, 5) is 13.8. The number of anilines is 3. The van der Waals surface area contributed by atoms with Crippen LogP contribution in [0.4, 0.5) is 23.0 Å². The van der Waals surface area contributed by atoms with Gasteiger partial charge >= 0.3 is 5.82 Å². The van der Waals surface area contributed by atoms with Gasteiger partial charge in [-0.2, -0.15) is 10.2 Å². The van der Waals surface area contributed by atoms with E-state index in [0.29, 0.717) is 5.82 Å². The molecule has 0 unspecified atom stereocenters. The summed E-state index contributed by atoms with van der Waals surface area (Å²) in [5.74, 6) is 2.22. The molecule has 0 radical (unpaired) electrons. The highest BCUT2D eigenvalue weighted by Gasteiger charge is 2.41. The maximum Gasteiger partial charge on any atom is 0.327 e. The molecule has 3 aromatic carbocycles. The molecule has 6 rings (SSSR count). The number of hydrogen-bond donors (Lipinski definition) is 0. The number of rotatable bonds is 1. The summed E-state index contributed by atoms with van der Waals surface area (Å²) < 4.78 is 6.25. The molecule has 6 nitrogen and oxygen atoms in total. The van der Waals surface area contributed by atoms with Gasteiger partial charge in [0.05, 0.1) is 0 Å². The molecule has 2 aliphatic heterocycles. The van der Waals surface area contributed by atoms with Gasteiger partial charge in [0, 0.05) is 17.4 Å². The average Bonchev–Trinajstić information content (AvgIpc) is 2.83. The fraction of sp³-hybridized carbons (Fsp3) is 0. The first kappa shape index (κ1) is 17.3. The van der Waals surface area contributed by atoms with Crippen molar-refractivity contribution >= 4 is 46.1 Å². The maximum absolute atomic E-state index is 9.40. The highest BCUT2D eigenvalue weighted by atomic mass is 16.5. The van der Waals surface area contributed by atoms with Crippen LogP contribution in [0.25, 0.3) is 4.85 Å². The summed E-state index contributed by atoms with van der Waals surface area (Å²) in [5, 5.41) is 9.40. The van der Waals surface area contributed by atoms with Crippen LogP contribution in [0.5, 0.6) is 11.5 Å². The van der Waals surface area contributed by atoms with E-state index in [1.165, 1.54) is 0 Å². The van der Waals surface area contributed by atoms with E-state index in [-0.39, 0.29) is 18.4 Å². The predicted octanol–water partition coefficient (Wildman–Crippen LogP) is 3.30. The summed E-state index contributed by atoms with van der Waals surface area (Å²) in [5.41, 5.74) is 5.12. The molecule has 0 amide bonds. The van der Waals surface area contributed by atoms with E-state index in [1.54, 1.807) is 6.07 Å². The lowest BCUT2D eigenvalue weighted by atomic mass is 9.34. The molecule has 0 fully saturated rings. The Labute approximate surface area is 178 Å². The van der Waals surface area contributed by atoms with Crippen LogP contribution >= 0.6 is 0 Å². The van der Waals surface area contributed by atoms with Gasteiger partial charge in [-0.3, -0.25) is 4.90 Å². The van der Waals surface area contributed by atoms with Crippen molar-refractivity contribution in [3.05, 3.63) is 90.0 Å². The monoisotopic (exact) mass is 397 g/mol. The maximum atomic E-state index is 9.40. The number of fused-ring (bicyclic) bond motifs is 4. The van der Waals surface area contributed by atoms with Gasteiger partial charge in [-0.15, -0.1) is 0 Å². The van der Waals surface area contributed by atoms with Crippen LogP contribution in [0, 0.1) is 17.9 Å². The minimum atomic E-state index is -0.0329. The van der Waals surface area contributed by atoms with Gasteiger partial charge in [-0.05, 0) is 40.7 Å². The summed E-state index contributed by atoms with van der Waals surface area (Å²) in [7, 11) is 0. The molecule has 3 heterocycles. The second-order valence-corrected chi connectivity index (χ2v) is 7.29. The largest absolute Gasteiger partial charge is 0.458 e. The zero-order chi connectivity index (χ0) is 20.9. The number of nitrogens with zero attached hydrogens (tertiary/aromatic N) is 5. The van der Waals surface area contributed by atoms with Gasteiger partial charge in [0.25, 0.3) is 12.5 Å². The number of hydrogen-bond acceptors (Lipinski definition) is 5. The normalized spacial score (nSPS) is 12.6. The Morgan fingerprint density at radius 3 is 2.48 bits per heavy atom. The summed E-state index contributed by atoms with van der Waals surface area (Å²) in [6.07, 6.45) is 0. The molecule has 4 aromatic rings. The SMILES string of the molecule is [C-]#[N+]c1cc(N2c3ccccc3B3c4ccccc4Oc4cccc2c43)nc(C#N)n1. The number of nitriles is 1. The van der Waals surface area contributed by atoms with E-state index >= 15 is 0 Å².